The summed E-state index contributed by atoms with van der Waals surface area (Å²) in [6.07, 6.45) is -1.72. The second-order valence-electron chi connectivity index (χ2n) is 18.1. The van der Waals surface area contributed by atoms with Crippen molar-refractivity contribution in [2.24, 2.45) is 11.8 Å². The van der Waals surface area contributed by atoms with E-state index in [0.717, 1.165) is 0 Å². The van der Waals surface area contributed by atoms with Crippen LogP contribution in [0.2, 0.25) is 0 Å². The number of alkyl carbamates (subject to hydrolysis) is 1. The number of likely N-dealkylation sites (N-methyl/N-ethyl adjacent to an activating group) is 1. The molecular weight excluding hydrogens is 761 g/mol. The van der Waals surface area contributed by atoms with Crippen LogP contribution in [0.25, 0.3) is 0 Å². The summed E-state index contributed by atoms with van der Waals surface area (Å²) < 4.78 is 16.8. The lowest BCUT2D eigenvalue weighted by Gasteiger charge is -2.35. The summed E-state index contributed by atoms with van der Waals surface area (Å²) in [4.78, 5) is 87.0. The van der Waals surface area contributed by atoms with Crippen molar-refractivity contribution >= 4 is 35.7 Å². The Hall–Kier alpha value is -4.44. The van der Waals surface area contributed by atoms with Crippen LogP contribution in [0, 0.1) is 11.8 Å². The van der Waals surface area contributed by atoms with Gasteiger partial charge in [0.15, 0.2) is 0 Å². The second kappa shape index (κ2) is 21.2. The molecule has 16 heteroatoms. The number of esters is 1. The summed E-state index contributed by atoms with van der Waals surface area (Å²) in [5.74, 6) is -2.55. The van der Waals surface area contributed by atoms with Crippen molar-refractivity contribution in [2.45, 2.75) is 161 Å². The van der Waals surface area contributed by atoms with Gasteiger partial charge in [0.2, 0.25) is 23.6 Å². The summed E-state index contributed by atoms with van der Waals surface area (Å²) >= 11 is 0. The Kier molecular flexibility index (Phi) is 17.6. The number of carbonyl (C=O) groups is 6. The lowest BCUT2D eigenvalue weighted by atomic mass is 9.91. The molecule has 2 aliphatic heterocycles. The zero-order chi connectivity index (χ0) is 44.4. The molecule has 5 amide bonds. The monoisotopic (exact) mass is 831 g/mol. The van der Waals surface area contributed by atoms with Crippen molar-refractivity contribution in [1.82, 2.24) is 31.1 Å². The summed E-state index contributed by atoms with van der Waals surface area (Å²) in [7, 11) is 3.09. The molecule has 8 atom stereocenters. The van der Waals surface area contributed by atoms with Crippen molar-refractivity contribution in [3.63, 3.8) is 0 Å². The van der Waals surface area contributed by atoms with Crippen LogP contribution in [0.4, 0.5) is 4.79 Å². The molecule has 0 bridgehead atoms. The number of carbonyl (C=O) groups excluding carboxylic acids is 6. The fraction of sp³-hybridized carbons (Fsp3) is 0.721. The Morgan fingerprint density at radius 2 is 1.71 bits per heavy atom. The molecule has 332 valence electrons. The van der Waals surface area contributed by atoms with Gasteiger partial charge in [-0.3, -0.25) is 24.1 Å². The van der Waals surface area contributed by atoms with E-state index in [0.29, 0.717) is 50.1 Å². The summed E-state index contributed by atoms with van der Waals surface area (Å²) in [5.41, 5.74) is -1.61. The molecule has 1 aromatic rings. The van der Waals surface area contributed by atoms with Crippen molar-refractivity contribution in [3.05, 3.63) is 29.8 Å². The average molecular weight is 831 g/mol. The Labute approximate surface area is 350 Å². The molecule has 16 nitrogen and oxygen atoms in total. The predicted octanol–water partition coefficient (Wildman–Crippen LogP) is 3.08. The number of ether oxygens (including phenoxy) is 3. The van der Waals surface area contributed by atoms with E-state index in [1.54, 1.807) is 80.0 Å². The molecule has 5 N–H and O–H groups in total. The normalized spacial score (nSPS) is 27.7. The Morgan fingerprint density at radius 1 is 1.07 bits per heavy atom. The van der Waals surface area contributed by atoms with Crippen LogP contribution in [0.3, 0.4) is 0 Å². The van der Waals surface area contributed by atoms with Crippen molar-refractivity contribution in [1.29, 1.82) is 0 Å². The number of nitrogens with zero attached hydrogens (tertiary/aromatic N) is 2. The van der Waals surface area contributed by atoms with E-state index in [9.17, 15) is 33.9 Å². The largest absolute Gasteiger partial charge is 0.497 e. The number of rotatable bonds is 8. The molecule has 0 spiro atoms. The average Bonchev–Trinajstić information content (AvgIpc) is 3.60. The number of cyclic esters (lactones) is 1. The highest BCUT2D eigenvalue weighted by Gasteiger charge is 2.42. The van der Waals surface area contributed by atoms with E-state index in [-0.39, 0.29) is 30.2 Å². The zero-order valence-corrected chi connectivity index (χ0v) is 37.2. The highest BCUT2D eigenvalue weighted by Crippen LogP contribution is 2.25. The van der Waals surface area contributed by atoms with Gasteiger partial charge in [-0.2, -0.15) is 0 Å². The first kappa shape index (κ1) is 48.9. The molecule has 59 heavy (non-hydrogen) atoms. The summed E-state index contributed by atoms with van der Waals surface area (Å²) in [6.45, 7) is 18.2. The van der Waals surface area contributed by atoms with Gasteiger partial charge in [0.25, 0.3) is 0 Å². The van der Waals surface area contributed by atoms with Crippen LogP contribution in [-0.2, 0) is 39.9 Å². The van der Waals surface area contributed by atoms with Gasteiger partial charge in [-0.05, 0) is 96.9 Å². The Bertz CT molecular complexity index is 1610. The minimum Gasteiger partial charge on any atom is -0.497 e. The van der Waals surface area contributed by atoms with E-state index < -0.39 is 83.7 Å². The smallest absolute Gasteiger partial charge is 0.408 e. The molecule has 0 radical (unpaired) electrons. The van der Waals surface area contributed by atoms with Gasteiger partial charge in [0.05, 0.1) is 31.7 Å². The van der Waals surface area contributed by atoms with E-state index in [2.05, 4.69) is 21.3 Å². The molecule has 0 saturated carbocycles. The number of aliphatic hydroxyl groups excluding tert-OH is 1. The first-order valence-corrected chi connectivity index (χ1v) is 20.9. The van der Waals surface area contributed by atoms with Gasteiger partial charge in [-0.15, -0.1) is 0 Å². The minimum atomic E-state index is -1.52. The molecule has 2 aliphatic rings. The zero-order valence-electron chi connectivity index (χ0n) is 37.2. The maximum absolute atomic E-state index is 14.5. The standard InChI is InChI=1S/C43H70N6O10/c1-13-26(4)35-33(50)23-34(51)47-43(9,10)40(55)44-29(21-25(2)3)24-49-20-14-15-31(49)38(53)48(11)32(22-28-16-18-30(57-12)19-17-28)39(54)58-27(5)36(37(52)45-35)46-41(56)59-42(6,7)8/h16-19,25-27,29,31-33,35-36,50H,13-15,20-24H2,1-12H3,(H,44,55)(H,45,52)(H,46,56)(H,47,51)/t26-,27+,29-,31-,32-,33-,35+,36-/m0/s1. The fourth-order valence-electron chi connectivity index (χ4n) is 7.53. The molecule has 0 aliphatic carbocycles. The summed E-state index contributed by atoms with van der Waals surface area (Å²) in [6, 6.07) is 2.42. The number of hydrogen-bond donors (Lipinski definition) is 5. The lowest BCUT2D eigenvalue weighted by Crippen LogP contribution is -2.60. The lowest BCUT2D eigenvalue weighted by molar-refractivity contribution is -0.161. The summed E-state index contributed by atoms with van der Waals surface area (Å²) in [5, 5.41) is 22.7. The van der Waals surface area contributed by atoms with Gasteiger partial charge in [-0.1, -0.05) is 46.2 Å². The van der Waals surface area contributed by atoms with Crippen LogP contribution < -0.4 is 26.0 Å². The molecule has 2 fully saturated rings. The Balaban J connectivity index is 2.15. The van der Waals surface area contributed by atoms with E-state index in [1.165, 1.54) is 11.8 Å². The third kappa shape index (κ3) is 14.4. The fourth-order valence-corrected chi connectivity index (χ4v) is 7.53. The number of fused-ring (bicyclic) bond motifs is 1. The first-order valence-electron chi connectivity index (χ1n) is 20.9. The van der Waals surface area contributed by atoms with Crippen LogP contribution >= 0.6 is 0 Å². The predicted molar refractivity (Wildman–Crippen MR) is 222 cm³/mol. The van der Waals surface area contributed by atoms with Gasteiger partial charge >= 0.3 is 12.1 Å². The molecule has 0 aromatic heterocycles. The highest BCUT2D eigenvalue weighted by molar-refractivity contribution is 5.92. The van der Waals surface area contributed by atoms with Gasteiger partial charge in [-0.25, -0.2) is 9.59 Å². The third-order valence-electron chi connectivity index (χ3n) is 11.0. The van der Waals surface area contributed by atoms with E-state index in [1.807, 2.05) is 25.7 Å². The van der Waals surface area contributed by atoms with Crippen LogP contribution in [0.5, 0.6) is 5.75 Å². The molecule has 2 heterocycles. The van der Waals surface area contributed by atoms with Crippen LogP contribution in [0.1, 0.15) is 107 Å². The maximum atomic E-state index is 14.5. The highest BCUT2D eigenvalue weighted by atomic mass is 16.6. The number of amides is 5. The molecule has 0 unspecified atom stereocenters. The number of aliphatic hydroxyl groups is 1. The number of benzene rings is 1. The van der Waals surface area contributed by atoms with Gasteiger partial charge in [0, 0.05) is 26.1 Å². The topological polar surface area (TPSA) is 205 Å². The van der Waals surface area contributed by atoms with Crippen molar-refractivity contribution in [3.8, 4) is 5.75 Å². The minimum absolute atomic E-state index is 0.0608. The van der Waals surface area contributed by atoms with Crippen molar-refractivity contribution < 1.29 is 48.1 Å². The van der Waals surface area contributed by atoms with Gasteiger partial charge < -0.3 is 45.5 Å². The molecule has 1 aromatic carbocycles. The number of hydrogen-bond acceptors (Lipinski definition) is 11. The quantitative estimate of drug-likeness (QED) is 0.241. The van der Waals surface area contributed by atoms with Crippen molar-refractivity contribution in [2.75, 3.05) is 27.2 Å². The number of nitrogens with one attached hydrogen (secondary N) is 4. The van der Waals surface area contributed by atoms with Gasteiger partial charge in [0.1, 0.15) is 35.1 Å². The number of methoxy groups -OCH3 is 1. The van der Waals surface area contributed by atoms with Crippen LogP contribution in [0.15, 0.2) is 24.3 Å². The van der Waals surface area contributed by atoms with Crippen LogP contribution in [-0.4, -0.2) is 131 Å². The molecule has 3 rings (SSSR count). The third-order valence-corrected chi connectivity index (χ3v) is 11.0. The van der Waals surface area contributed by atoms with E-state index in [4.69, 9.17) is 14.2 Å². The first-order chi connectivity index (χ1) is 27.5. The molecular formula is C43H70N6O10. The van der Waals surface area contributed by atoms with E-state index >= 15 is 0 Å². The Morgan fingerprint density at radius 3 is 2.29 bits per heavy atom. The molecule has 2 saturated heterocycles. The second-order valence-corrected chi connectivity index (χ2v) is 18.1. The SMILES string of the molecule is CC[C@H](C)[C@H]1NC(=O)[C@@H](NC(=O)OC(C)(C)C)[C@@H](C)OC(=O)[C@H](Cc2ccc(OC)cc2)N(C)C(=O)[C@@H]2CCCN2C[C@H](CC(C)C)NC(=O)C(C)(C)NC(=O)C[C@@H]1O. The maximum Gasteiger partial charge on any atom is 0.408 e.